The molecule has 22 heavy (non-hydrogen) atoms. The Morgan fingerprint density at radius 2 is 1.82 bits per heavy atom. The Labute approximate surface area is 131 Å². The molecule has 0 saturated heterocycles. The Hall–Kier alpha value is -1.42. The number of fused-ring (bicyclic) bond motifs is 2. The van der Waals surface area contributed by atoms with E-state index in [4.69, 9.17) is 5.73 Å². The number of hydrogen-bond acceptors (Lipinski definition) is 2. The normalized spacial score (nSPS) is 30.9. The van der Waals surface area contributed by atoms with Crippen molar-refractivity contribution in [3.05, 3.63) is 30.1 Å². The molecule has 0 aromatic heterocycles. The van der Waals surface area contributed by atoms with E-state index in [-0.39, 0.29) is 23.7 Å². The Bertz CT molecular complexity index is 516. The molecule has 2 aliphatic rings. The van der Waals surface area contributed by atoms with Gasteiger partial charge in [-0.15, -0.1) is 0 Å². The summed E-state index contributed by atoms with van der Waals surface area (Å²) in [5, 5.41) is 0. The van der Waals surface area contributed by atoms with Crippen LogP contribution < -0.4 is 10.6 Å². The highest BCUT2D eigenvalue weighted by Crippen LogP contribution is 2.42. The van der Waals surface area contributed by atoms with Crippen molar-refractivity contribution in [3.8, 4) is 0 Å². The Kier molecular flexibility index (Phi) is 4.48. The molecule has 2 fully saturated rings. The van der Waals surface area contributed by atoms with E-state index in [1.54, 1.807) is 17.0 Å². The lowest BCUT2D eigenvalue weighted by molar-refractivity contribution is -0.125. The first-order chi connectivity index (χ1) is 10.6. The maximum atomic E-state index is 13.1. The van der Waals surface area contributed by atoms with Gasteiger partial charge in [0.1, 0.15) is 5.82 Å². The summed E-state index contributed by atoms with van der Waals surface area (Å²) in [5.41, 5.74) is 7.10. The summed E-state index contributed by atoms with van der Waals surface area (Å²) >= 11 is 0. The zero-order chi connectivity index (χ0) is 15.7. The summed E-state index contributed by atoms with van der Waals surface area (Å²) in [4.78, 5) is 14.7. The molecule has 1 aromatic carbocycles. The average Bonchev–Trinajstić information content (AvgIpc) is 2.49. The van der Waals surface area contributed by atoms with Crippen LogP contribution in [-0.4, -0.2) is 18.5 Å². The number of amides is 1. The molecular formula is C18H25FN2O. The van der Waals surface area contributed by atoms with Gasteiger partial charge in [-0.3, -0.25) is 4.79 Å². The van der Waals surface area contributed by atoms with E-state index >= 15 is 0 Å². The van der Waals surface area contributed by atoms with E-state index in [2.05, 4.69) is 0 Å². The van der Waals surface area contributed by atoms with Crippen LogP contribution in [0, 0.1) is 23.6 Å². The van der Waals surface area contributed by atoms with Crippen molar-refractivity contribution in [1.82, 2.24) is 0 Å². The van der Waals surface area contributed by atoms with E-state index in [0.29, 0.717) is 18.4 Å². The Balaban J connectivity index is 1.75. The molecule has 2 saturated carbocycles. The summed E-state index contributed by atoms with van der Waals surface area (Å²) < 4.78 is 13.1. The maximum absolute atomic E-state index is 13.1. The van der Waals surface area contributed by atoms with Crippen LogP contribution in [0.25, 0.3) is 0 Å². The molecule has 2 bridgehead atoms. The van der Waals surface area contributed by atoms with Gasteiger partial charge in [0.05, 0.1) is 0 Å². The standard InChI is InChI=1S/C18H25FN2O/c1-2-21(16-8-6-15(19)7-9-16)18(22)14-10-12-4-3-5-13(11-14)17(12)20/h6-9,12-14,17H,2-5,10-11,20H2,1H3. The van der Waals surface area contributed by atoms with E-state index in [9.17, 15) is 9.18 Å². The highest BCUT2D eigenvalue weighted by atomic mass is 19.1. The number of anilines is 1. The van der Waals surface area contributed by atoms with Gasteiger partial charge in [-0.05, 0) is 68.7 Å². The molecule has 2 aliphatic carbocycles. The summed E-state index contributed by atoms with van der Waals surface area (Å²) in [6.07, 6.45) is 5.38. The van der Waals surface area contributed by atoms with E-state index in [1.165, 1.54) is 18.6 Å². The topological polar surface area (TPSA) is 46.3 Å². The van der Waals surface area contributed by atoms with Crippen LogP contribution in [0.4, 0.5) is 10.1 Å². The zero-order valence-electron chi connectivity index (χ0n) is 13.2. The third kappa shape index (κ3) is 2.89. The van der Waals surface area contributed by atoms with E-state index in [0.717, 1.165) is 31.4 Å². The smallest absolute Gasteiger partial charge is 0.230 e. The predicted octanol–water partition coefficient (Wildman–Crippen LogP) is 3.33. The largest absolute Gasteiger partial charge is 0.327 e. The lowest BCUT2D eigenvalue weighted by Crippen LogP contribution is -2.49. The van der Waals surface area contributed by atoms with Crippen molar-refractivity contribution in [2.75, 3.05) is 11.4 Å². The van der Waals surface area contributed by atoms with Crippen molar-refractivity contribution in [1.29, 1.82) is 0 Å². The van der Waals surface area contributed by atoms with Crippen LogP contribution in [0.2, 0.25) is 0 Å². The second-order valence-electron chi connectivity index (χ2n) is 6.76. The molecule has 2 N–H and O–H groups in total. The molecule has 0 heterocycles. The highest BCUT2D eigenvalue weighted by Gasteiger charge is 2.41. The summed E-state index contributed by atoms with van der Waals surface area (Å²) in [6.45, 7) is 2.58. The number of nitrogens with two attached hydrogens (primary N) is 1. The summed E-state index contributed by atoms with van der Waals surface area (Å²) in [7, 11) is 0. The van der Waals surface area contributed by atoms with Gasteiger partial charge in [-0.1, -0.05) is 6.42 Å². The van der Waals surface area contributed by atoms with Gasteiger partial charge >= 0.3 is 0 Å². The minimum absolute atomic E-state index is 0.0695. The molecule has 1 aromatic rings. The fourth-order valence-electron chi connectivity index (χ4n) is 4.30. The first-order valence-corrected chi connectivity index (χ1v) is 8.42. The van der Waals surface area contributed by atoms with Gasteiger partial charge in [-0.25, -0.2) is 4.39 Å². The molecule has 3 rings (SSSR count). The van der Waals surface area contributed by atoms with Gasteiger partial charge < -0.3 is 10.6 Å². The van der Waals surface area contributed by atoms with Crippen LogP contribution in [0.3, 0.4) is 0 Å². The quantitative estimate of drug-likeness (QED) is 0.931. The number of benzene rings is 1. The second-order valence-corrected chi connectivity index (χ2v) is 6.76. The van der Waals surface area contributed by atoms with Gasteiger partial charge in [-0.2, -0.15) is 0 Å². The molecule has 0 spiro atoms. The summed E-state index contributed by atoms with van der Waals surface area (Å²) in [6, 6.07) is 6.48. The number of carbonyl (C=O) groups is 1. The molecule has 0 aliphatic heterocycles. The molecule has 2 unspecified atom stereocenters. The molecule has 3 nitrogen and oxygen atoms in total. The van der Waals surface area contributed by atoms with Gasteiger partial charge in [0.25, 0.3) is 0 Å². The van der Waals surface area contributed by atoms with Crippen molar-refractivity contribution >= 4 is 11.6 Å². The number of hydrogen-bond donors (Lipinski definition) is 1. The SMILES string of the molecule is CCN(C(=O)C1CC2CCCC(C1)C2N)c1ccc(F)cc1. The first-order valence-electron chi connectivity index (χ1n) is 8.42. The Morgan fingerprint density at radius 3 is 2.36 bits per heavy atom. The van der Waals surface area contributed by atoms with Crippen LogP contribution in [0.1, 0.15) is 39.0 Å². The average molecular weight is 304 g/mol. The van der Waals surface area contributed by atoms with Crippen molar-refractivity contribution in [2.45, 2.75) is 45.1 Å². The fraction of sp³-hybridized carbons (Fsp3) is 0.611. The monoisotopic (exact) mass is 304 g/mol. The van der Waals surface area contributed by atoms with Crippen molar-refractivity contribution in [2.24, 2.45) is 23.5 Å². The summed E-state index contributed by atoms with van der Waals surface area (Å²) in [5.74, 6) is 0.963. The molecular weight excluding hydrogens is 279 g/mol. The van der Waals surface area contributed by atoms with Crippen LogP contribution in [0.5, 0.6) is 0 Å². The van der Waals surface area contributed by atoms with Crippen LogP contribution in [-0.2, 0) is 4.79 Å². The fourth-order valence-corrected chi connectivity index (χ4v) is 4.30. The number of nitrogens with zero attached hydrogens (tertiary/aromatic N) is 1. The third-order valence-electron chi connectivity index (χ3n) is 5.48. The minimum atomic E-state index is -0.273. The number of halogens is 1. The lowest BCUT2D eigenvalue weighted by Gasteiger charge is -2.44. The van der Waals surface area contributed by atoms with Crippen molar-refractivity contribution < 1.29 is 9.18 Å². The molecule has 1 amide bonds. The molecule has 2 atom stereocenters. The van der Waals surface area contributed by atoms with Crippen LogP contribution in [0.15, 0.2) is 24.3 Å². The first kappa shape index (κ1) is 15.5. The van der Waals surface area contributed by atoms with E-state index < -0.39 is 0 Å². The van der Waals surface area contributed by atoms with Gasteiger partial charge in [0, 0.05) is 24.2 Å². The zero-order valence-corrected chi connectivity index (χ0v) is 13.2. The second kappa shape index (κ2) is 6.37. The number of rotatable bonds is 3. The third-order valence-corrected chi connectivity index (χ3v) is 5.48. The molecule has 4 heteroatoms. The minimum Gasteiger partial charge on any atom is -0.327 e. The van der Waals surface area contributed by atoms with Gasteiger partial charge in [0.15, 0.2) is 0 Å². The molecule has 0 radical (unpaired) electrons. The van der Waals surface area contributed by atoms with Gasteiger partial charge in [0.2, 0.25) is 5.91 Å². The molecule has 120 valence electrons. The van der Waals surface area contributed by atoms with E-state index in [1.807, 2.05) is 6.92 Å². The highest BCUT2D eigenvalue weighted by molar-refractivity contribution is 5.95. The predicted molar refractivity (Wildman–Crippen MR) is 86.0 cm³/mol. The lowest BCUT2D eigenvalue weighted by atomic mass is 9.65. The van der Waals surface area contributed by atoms with Crippen molar-refractivity contribution in [3.63, 3.8) is 0 Å². The Morgan fingerprint density at radius 1 is 1.23 bits per heavy atom. The van der Waals surface area contributed by atoms with Crippen LogP contribution >= 0.6 is 0 Å². The maximum Gasteiger partial charge on any atom is 0.230 e. The number of carbonyl (C=O) groups excluding carboxylic acids is 1.